The van der Waals surface area contributed by atoms with E-state index in [-0.39, 0.29) is 11.3 Å². The fourth-order valence-electron chi connectivity index (χ4n) is 1.75. The lowest BCUT2D eigenvalue weighted by molar-refractivity contribution is -0.385. The molecule has 0 saturated heterocycles. The highest BCUT2D eigenvalue weighted by Gasteiger charge is 2.25. The maximum Gasteiger partial charge on any atom is 0.346 e. The van der Waals surface area contributed by atoms with E-state index in [1.54, 1.807) is 0 Å². The first-order valence-corrected chi connectivity index (χ1v) is 5.73. The van der Waals surface area contributed by atoms with Gasteiger partial charge in [0.05, 0.1) is 11.5 Å². The van der Waals surface area contributed by atoms with Gasteiger partial charge >= 0.3 is 5.97 Å². The molecule has 1 aliphatic rings. The Morgan fingerprint density at radius 3 is 2.78 bits per heavy atom. The minimum atomic E-state index is -1.34. The van der Waals surface area contributed by atoms with E-state index < -0.39 is 16.6 Å². The Balaban J connectivity index is 2.18. The molecule has 96 valence electrons. The van der Waals surface area contributed by atoms with E-state index in [4.69, 9.17) is 9.84 Å². The van der Waals surface area contributed by atoms with Crippen molar-refractivity contribution in [2.24, 2.45) is 5.92 Å². The van der Waals surface area contributed by atoms with Crippen molar-refractivity contribution in [1.82, 2.24) is 0 Å². The smallest absolute Gasteiger partial charge is 0.346 e. The highest BCUT2D eigenvalue weighted by Crippen LogP contribution is 2.33. The minimum absolute atomic E-state index is 0.0670. The van der Waals surface area contributed by atoms with Crippen LogP contribution in [-0.2, 0) is 0 Å². The summed E-state index contributed by atoms with van der Waals surface area (Å²) in [6, 6.07) is 4.04. The van der Waals surface area contributed by atoms with Crippen molar-refractivity contribution >= 4 is 11.7 Å². The molecule has 18 heavy (non-hydrogen) atoms. The average molecular weight is 251 g/mol. The number of hydrogen-bond acceptors (Lipinski definition) is 4. The third kappa shape index (κ3) is 2.77. The van der Waals surface area contributed by atoms with Gasteiger partial charge in [0.1, 0.15) is 5.75 Å². The van der Waals surface area contributed by atoms with Gasteiger partial charge in [-0.25, -0.2) is 4.79 Å². The molecule has 0 unspecified atom stereocenters. The van der Waals surface area contributed by atoms with Crippen LogP contribution in [0.2, 0.25) is 0 Å². The zero-order chi connectivity index (χ0) is 13.1. The fourth-order valence-corrected chi connectivity index (χ4v) is 1.75. The number of rotatable bonds is 6. The second-order valence-electron chi connectivity index (χ2n) is 4.29. The van der Waals surface area contributed by atoms with Crippen LogP contribution in [0.15, 0.2) is 18.2 Å². The summed E-state index contributed by atoms with van der Waals surface area (Å²) in [6.45, 7) is 0.395. The Morgan fingerprint density at radius 2 is 2.22 bits per heavy atom. The predicted octanol–water partition coefficient (Wildman–Crippen LogP) is 2.47. The largest absolute Gasteiger partial charge is 0.492 e. The van der Waals surface area contributed by atoms with E-state index in [1.807, 2.05) is 0 Å². The number of carboxylic acids is 1. The van der Waals surface area contributed by atoms with E-state index in [0.717, 1.165) is 12.5 Å². The fraction of sp³-hybridized carbons (Fsp3) is 0.417. The lowest BCUT2D eigenvalue weighted by atomic mass is 10.1. The second-order valence-corrected chi connectivity index (χ2v) is 4.29. The number of nitro benzene ring substituents is 1. The molecule has 0 aromatic heterocycles. The van der Waals surface area contributed by atoms with Gasteiger partial charge in [0.15, 0.2) is 5.56 Å². The summed E-state index contributed by atoms with van der Waals surface area (Å²) in [5, 5.41) is 19.8. The number of nitrogens with zero attached hydrogens (tertiary/aromatic N) is 1. The summed E-state index contributed by atoms with van der Waals surface area (Å²) < 4.78 is 5.35. The molecule has 1 aromatic carbocycles. The van der Waals surface area contributed by atoms with Gasteiger partial charge in [-0.2, -0.15) is 0 Å². The van der Waals surface area contributed by atoms with E-state index in [9.17, 15) is 14.9 Å². The highest BCUT2D eigenvalue weighted by atomic mass is 16.6. The first-order valence-electron chi connectivity index (χ1n) is 5.73. The second kappa shape index (κ2) is 5.03. The number of nitro groups is 1. The van der Waals surface area contributed by atoms with Crippen LogP contribution >= 0.6 is 0 Å². The topological polar surface area (TPSA) is 89.7 Å². The molecule has 6 nitrogen and oxygen atoms in total. The average Bonchev–Trinajstić information content (AvgIpc) is 3.12. The number of benzene rings is 1. The number of hydrogen-bond donors (Lipinski definition) is 1. The van der Waals surface area contributed by atoms with Crippen molar-refractivity contribution in [1.29, 1.82) is 0 Å². The molecule has 0 aliphatic heterocycles. The standard InChI is InChI=1S/C12H13NO5/c14-12(15)11-9(13(16)17)2-1-3-10(11)18-7-6-8-4-5-8/h1-3,8H,4-7H2,(H,14,15). The predicted molar refractivity (Wildman–Crippen MR) is 62.9 cm³/mol. The first kappa shape index (κ1) is 12.3. The van der Waals surface area contributed by atoms with Crippen LogP contribution in [0.5, 0.6) is 5.75 Å². The summed E-state index contributed by atoms with van der Waals surface area (Å²) >= 11 is 0. The maximum atomic E-state index is 11.1. The quantitative estimate of drug-likeness (QED) is 0.619. The molecule has 1 fully saturated rings. The molecule has 0 amide bonds. The van der Waals surface area contributed by atoms with Crippen LogP contribution in [0.3, 0.4) is 0 Å². The summed E-state index contributed by atoms with van der Waals surface area (Å²) in [4.78, 5) is 21.1. The molecular formula is C12H13NO5. The summed E-state index contributed by atoms with van der Waals surface area (Å²) in [5.41, 5.74) is -0.815. The summed E-state index contributed by atoms with van der Waals surface area (Å²) in [5.74, 6) is -0.613. The Hall–Kier alpha value is -2.11. The van der Waals surface area contributed by atoms with E-state index in [2.05, 4.69) is 0 Å². The van der Waals surface area contributed by atoms with Crippen molar-refractivity contribution in [2.75, 3.05) is 6.61 Å². The summed E-state index contributed by atoms with van der Waals surface area (Å²) in [7, 11) is 0. The Kier molecular flexibility index (Phi) is 3.45. The van der Waals surface area contributed by atoms with Gasteiger partial charge in [0.25, 0.3) is 5.69 Å². The van der Waals surface area contributed by atoms with Crippen molar-refractivity contribution in [3.63, 3.8) is 0 Å². The van der Waals surface area contributed by atoms with Crippen LogP contribution in [-0.4, -0.2) is 22.6 Å². The number of carbonyl (C=O) groups is 1. The monoisotopic (exact) mass is 251 g/mol. The van der Waals surface area contributed by atoms with E-state index in [0.29, 0.717) is 12.5 Å². The molecule has 2 rings (SSSR count). The number of carboxylic acid groups (broad SMARTS) is 1. The number of aromatic carboxylic acids is 1. The molecule has 1 N–H and O–H groups in total. The third-order valence-corrected chi connectivity index (χ3v) is 2.90. The zero-order valence-corrected chi connectivity index (χ0v) is 9.67. The van der Waals surface area contributed by atoms with Crippen LogP contribution in [0.4, 0.5) is 5.69 Å². The molecule has 0 heterocycles. The molecule has 0 radical (unpaired) electrons. The maximum absolute atomic E-state index is 11.1. The van der Waals surface area contributed by atoms with Crippen molar-refractivity contribution < 1.29 is 19.6 Å². The van der Waals surface area contributed by atoms with Gasteiger partial charge in [0, 0.05) is 6.07 Å². The van der Waals surface area contributed by atoms with Gasteiger partial charge in [-0.05, 0) is 18.4 Å². The van der Waals surface area contributed by atoms with Crippen molar-refractivity contribution in [3.05, 3.63) is 33.9 Å². The van der Waals surface area contributed by atoms with Crippen molar-refractivity contribution in [2.45, 2.75) is 19.3 Å². The Bertz CT molecular complexity index is 481. The molecule has 1 aliphatic carbocycles. The first-order chi connectivity index (χ1) is 8.59. The van der Waals surface area contributed by atoms with E-state index >= 15 is 0 Å². The van der Waals surface area contributed by atoms with Crippen molar-refractivity contribution in [3.8, 4) is 5.75 Å². The Morgan fingerprint density at radius 1 is 1.50 bits per heavy atom. The zero-order valence-electron chi connectivity index (χ0n) is 9.67. The van der Waals surface area contributed by atoms with Gasteiger partial charge < -0.3 is 9.84 Å². The SMILES string of the molecule is O=C(O)c1c(OCCC2CC2)cccc1[N+](=O)[O-]. The molecule has 0 spiro atoms. The minimum Gasteiger partial charge on any atom is -0.492 e. The lowest BCUT2D eigenvalue weighted by Gasteiger charge is -2.08. The van der Waals surface area contributed by atoms with Crippen LogP contribution in [0, 0.1) is 16.0 Å². The van der Waals surface area contributed by atoms with Crippen LogP contribution < -0.4 is 4.74 Å². The summed E-state index contributed by atoms with van der Waals surface area (Å²) in [6.07, 6.45) is 3.23. The molecule has 1 saturated carbocycles. The molecule has 0 bridgehead atoms. The van der Waals surface area contributed by atoms with Crippen LogP contribution in [0.25, 0.3) is 0 Å². The van der Waals surface area contributed by atoms with Gasteiger partial charge in [-0.15, -0.1) is 0 Å². The van der Waals surface area contributed by atoms with Gasteiger partial charge in [-0.3, -0.25) is 10.1 Å². The highest BCUT2D eigenvalue weighted by molar-refractivity contribution is 5.95. The molecule has 0 atom stereocenters. The van der Waals surface area contributed by atoms with Crippen LogP contribution in [0.1, 0.15) is 29.6 Å². The van der Waals surface area contributed by atoms with Gasteiger partial charge in [-0.1, -0.05) is 18.9 Å². The van der Waals surface area contributed by atoms with Gasteiger partial charge in [0.2, 0.25) is 0 Å². The molecular weight excluding hydrogens is 238 g/mol. The third-order valence-electron chi connectivity index (χ3n) is 2.90. The lowest BCUT2D eigenvalue weighted by Crippen LogP contribution is -2.08. The normalized spacial score (nSPS) is 14.2. The number of ether oxygens (including phenoxy) is 1. The Labute approximate surface area is 103 Å². The molecule has 6 heteroatoms. The van der Waals surface area contributed by atoms with E-state index in [1.165, 1.54) is 25.0 Å². The molecule has 1 aromatic rings.